The predicted octanol–water partition coefficient (Wildman–Crippen LogP) is 3.96. The lowest BCUT2D eigenvalue weighted by Gasteiger charge is -2.28. The summed E-state index contributed by atoms with van der Waals surface area (Å²) in [5, 5.41) is 0. The fraction of sp³-hybridized carbons (Fsp3) is 0.316. The number of hydrogen-bond donors (Lipinski definition) is 0. The highest BCUT2D eigenvalue weighted by atomic mass is 19.1. The van der Waals surface area contributed by atoms with E-state index in [9.17, 15) is 9.18 Å². The Labute approximate surface area is 134 Å². The SMILES string of the molecule is O=Cc1cc(C2CC2)c(-c2ccccc2F)cc1OC1COC1. The van der Waals surface area contributed by atoms with Crippen LogP contribution >= 0.6 is 0 Å². The molecule has 23 heavy (non-hydrogen) atoms. The van der Waals surface area contributed by atoms with Crippen molar-refractivity contribution in [3.8, 4) is 16.9 Å². The number of aldehydes is 1. The van der Waals surface area contributed by atoms with Crippen LogP contribution in [0.5, 0.6) is 5.75 Å². The van der Waals surface area contributed by atoms with Crippen LogP contribution in [0.4, 0.5) is 4.39 Å². The summed E-state index contributed by atoms with van der Waals surface area (Å²) in [6.07, 6.45) is 2.94. The molecular formula is C19H17FO3. The molecule has 1 saturated heterocycles. The fourth-order valence-corrected chi connectivity index (χ4v) is 2.91. The average molecular weight is 312 g/mol. The Morgan fingerprint density at radius 3 is 2.52 bits per heavy atom. The largest absolute Gasteiger partial charge is 0.485 e. The molecule has 0 bridgehead atoms. The number of halogens is 1. The van der Waals surface area contributed by atoms with Crippen molar-refractivity contribution in [3.05, 3.63) is 53.3 Å². The Morgan fingerprint density at radius 2 is 1.91 bits per heavy atom. The van der Waals surface area contributed by atoms with E-state index >= 15 is 0 Å². The lowest BCUT2D eigenvalue weighted by molar-refractivity contribution is -0.0797. The van der Waals surface area contributed by atoms with Crippen molar-refractivity contribution < 1.29 is 18.7 Å². The Hall–Kier alpha value is -2.20. The van der Waals surface area contributed by atoms with Gasteiger partial charge in [-0.3, -0.25) is 4.79 Å². The third kappa shape index (κ3) is 2.75. The van der Waals surface area contributed by atoms with E-state index in [1.807, 2.05) is 18.2 Å². The van der Waals surface area contributed by atoms with E-state index in [1.165, 1.54) is 6.07 Å². The van der Waals surface area contributed by atoms with Gasteiger partial charge in [0, 0.05) is 5.56 Å². The summed E-state index contributed by atoms with van der Waals surface area (Å²) in [5.74, 6) is 0.659. The summed E-state index contributed by atoms with van der Waals surface area (Å²) in [5.41, 5.74) is 2.95. The van der Waals surface area contributed by atoms with E-state index in [4.69, 9.17) is 9.47 Å². The molecule has 0 amide bonds. The van der Waals surface area contributed by atoms with Crippen LogP contribution in [0, 0.1) is 5.82 Å². The van der Waals surface area contributed by atoms with Gasteiger partial charge in [0.25, 0.3) is 0 Å². The molecule has 0 atom stereocenters. The minimum Gasteiger partial charge on any atom is -0.485 e. The standard InChI is InChI=1S/C19H17FO3/c20-18-4-2-1-3-15(18)17-8-19(23-14-10-22-11-14)13(9-21)7-16(17)12-5-6-12/h1-4,7-9,12,14H,5-6,10-11H2. The number of ether oxygens (including phenoxy) is 2. The predicted molar refractivity (Wildman–Crippen MR) is 84.4 cm³/mol. The molecule has 1 heterocycles. The average Bonchev–Trinajstić information content (AvgIpc) is 3.35. The molecule has 3 nitrogen and oxygen atoms in total. The summed E-state index contributed by atoms with van der Waals surface area (Å²) in [6.45, 7) is 1.05. The second-order valence-electron chi connectivity index (χ2n) is 6.13. The summed E-state index contributed by atoms with van der Waals surface area (Å²) < 4.78 is 25.2. The maximum Gasteiger partial charge on any atom is 0.153 e. The van der Waals surface area contributed by atoms with Gasteiger partial charge >= 0.3 is 0 Å². The maximum atomic E-state index is 14.3. The molecule has 1 saturated carbocycles. The highest BCUT2D eigenvalue weighted by molar-refractivity contribution is 5.84. The van der Waals surface area contributed by atoms with Gasteiger partial charge in [-0.1, -0.05) is 18.2 Å². The van der Waals surface area contributed by atoms with Crippen LogP contribution in [0.1, 0.15) is 34.7 Å². The van der Waals surface area contributed by atoms with Crippen LogP contribution in [0.25, 0.3) is 11.1 Å². The van der Waals surface area contributed by atoms with E-state index < -0.39 is 0 Å². The van der Waals surface area contributed by atoms with Crippen molar-refractivity contribution in [2.75, 3.05) is 13.2 Å². The van der Waals surface area contributed by atoms with Gasteiger partial charge < -0.3 is 9.47 Å². The van der Waals surface area contributed by atoms with Gasteiger partial charge in [0.05, 0.1) is 18.8 Å². The van der Waals surface area contributed by atoms with E-state index in [1.54, 1.807) is 12.1 Å². The molecule has 0 spiro atoms. The lowest BCUT2D eigenvalue weighted by atomic mass is 9.94. The lowest BCUT2D eigenvalue weighted by Crippen LogP contribution is -2.38. The van der Waals surface area contributed by atoms with Gasteiger partial charge in [-0.05, 0) is 48.1 Å². The molecule has 2 aromatic rings. The van der Waals surface area contributed by atoms with Crippen molar-refractivity contribution in [1.29, 1.82) is 0 Å². The first kappa shape index (κ1) is 14.4. The second-order valence-corrected chi connectivity index (χ2v) is 6.13. The zero-order chi connectivity index (χ0) is 15.8. The van der Waals surface area contributed by atoms with Crippen molar-refractivity contribution in [2.24, 2.45) is 0 Å². The topological polar surface area (TPSA) is 35.5 Å². The normalized spacial score (nSPS) is 17.6. The zero-order valence-electron chi connectivity index (χ0n) is 12.6. The fourth-order valence-electron chi connectivity index (χ4n) is 2.91. The summed E-state index contributed by atoms with van der Waals surface area (Å²) in [4.78, 5) is 11.4. The van der Waals surface area contributed by atoms with Gasteiger partial charge in [-0.25, -0.2) is 4.39 Å². The second kappa shape index (κ2) is 5.78. The molecule has 0 aromatic heterocycles. The van der Waals surface area contributed by atoms with Crippen LogP contribution in [0.15, 0.2) is 36.4 Å². The van der Waals surface area contributed by atoms with Crippen molar-refractivity contribution >= 4 is 6.29 Å². The smallest absolute Gasteiger partial charge is 0.153 e. The Balaban J connectivity index is 1.83. The van der Waals surface area contributed by atoms with Crippen molar-refractivity contribution in [2.45, 2.75) is 24.9 Å². The molecular weight excluding hydrogens is 295 g/mol. The van der Waals surface area contributed by atoms with Gasteiger partial charge in [0.1, 0.15) is 17.7 Å². The van der Waals surface area contributed by atoms with E-state index in [-0.39, 0.29) is 11.9 Å². The molecule has 0 radical (unpaired) electrons. The van der Waals surface area contributed by atoms with E-state index in [0.717, 1.165) is 30.3 Å². The molecule has 1 aliphatic carbocycles. The van der Waals surface area contributed by atoms with Crippen molar-refractivity contribution in [3.63, 3.8) is 0 Å². The van der Waals surface area contributed by atoms with Gasteiger partial charge in [0.15, 0.2) is 6.29 Å². The zero-order valence-corrected chi connectivity index (χ0v) is 12.6. The number of benzene rings is 2. The highest BCUT2D eigenvalue weighted by Gasteiger charge is 2.29. The van der Waals surface area contributed by atoms with E-state index in [0.29, 0.717) is 36.0 Å². The summed E-state index contributed by atoms with van der Waals surface area (Å²) in [7, 11) is 0. The summed E-state index contributed by atoms with van der Waals surface area (Å²) in [6, 6.07) is 10.4. The first-order valence-corrected chi connectivity index (χ1v) is 7.88. The molecule has 118 valence electrons. The molecule has 4 rings (SSSR count). The van der Waals surface area contributed by atoms with Gasteiger partial charge in [-0.2, -0.15) is 0 Å². The molecule has 2 aromatic carbocycles. The molecule has 2 aliphatic rings. The van der Waals surface area contributed by atoms with Crippen LogP contribution < -0.4 is 4.74 Å². The maximum absolute atomic E-state index is 14.3. The Morgan fingerprint density at radius 1 is 1.13 bits per heavy atom. The van der Waals surface area contributed by atoms with Gasteiger partial charge in [0.2, 0.25) is 0 Å². The van der Waals surface area contributed by atoms with Crippen molar-refractivity contribution in [1.82, 2.24) is 0 Å². The number of carbonyl (C=O) groups excluding carboxylic acids is 1. The minimum absolute atomic E-state index is 0.0334. The molecule has 0 N–H and O–H groups in total. The van der Waals surface area contributed by atoms with Crippen LogP contribution in [0.3, 0.4) is 0 Å². The number of carbonyl (C=O) groups is 1. The number of hydrogen-bond acceptors (Lipinski definition) is 3. The first-order chi connectivity index (χ1) is 11.3. The third-order valence-electron chi connectivity index (χ3n) is 4.39. The Bertz CT molecular complexity index is 748. The van der Waals surface area contributed by atoms with Crippen LogP contribution in [-0.4, -0.2) is 25.6 Å². The first-order valence-electron chi connectivity index (χ1n) is 7.88. The van der Waals surface area contributed by atoms with E-state index in [2.05, 4.69) is 0 Å². The van der Waals surface area contributed by atoms with Crippen LogP contribution in [0.2, 0.25) is 0 Å². The molecule has 0 unspecified atom stereocenters. The molecule has 2 fully saturated rings. The molecule has 1 aliphatic heterocycles. The van der Waals surface area contributed by atoms with Gasteiger partial charge in [-0.15, -0.1) is 0 Å². The summed E-state index contributed by atoms with van der Waals surface area (Å²) >= 11 is 0. The molecule has 4 heteroatoms. The van der Waals surface area contributed by atoms with Crippen LogP contribution in [-0.2, 0) is 4.74 Å². The Kier molecular flexibility index (Phi) is 3.62. The highest BCUT2D eigenvalue weighted by Crippen LogP contribution is 2.46. The quantitative estimate of drug-likeness (QED) is 0.784. The minimum atomic E-state index is -0.258. The number of rotatable bonds is 5. The third-order valence-corrected chi connectivity index (χ3v) is 4.39. The monoisotopic (exact) mass is 312 g/mol.